The minimum Gasteiger partial charge on any atom is -0.494 e. The summed E-state index contributed by atoms with van der Waals surface area (Å²) in [6.07, 6.45) is 6.01. The highest BCUT2D eigenvalue weighted by Crippen LogP contribution is 2.12. The zero-order chi connectivity index (χ0) is 20.4. The van der Waals surface area contributed by atoms with Crippen molar-refractivity contribution in [3.05, 3.63) is 102 Å². The number of allylic oxidation sites excluding steroid dienone is 1. The normalized spacial score (nSPS) is 11.6. The maximum Gasteiger partial charge on any atom is 0.240 e. The highest BCUT2D eigenvalue weighted by molar-refractivity contribution is 7.89. The Bertz CT molecular complexity index is 1020. The van der Waals surface area contributed by atoms with E-state index in [1.807, 2.05) is 54.6 Å². The number of benzene rings is 3. The van der Waals surface area contributed by atoms with Crippen molar-refractivity contribution in [2.24, 2.45) is 0 Å². The molecule has 0 aliphatic heterocycles. The summed E-state index contributed by atoms with van der Waals surface area (Å²) in [5, 5.41) is 0. The molecule has 0 amide bonds. The van der Waals surface area contributed by atoms with Crippen LogP contribution in [0.5, 0.6) is 5.75 Å². The van der Waals surface area contributed by atoms with E-state index in [0.717, 1.165) is 29.7 Å². The molecule has 0 saturated carbocycles. The Morgan fingerprint density at radius 1 is 0.862 bits per heavy atom. The van der Waals surface area contributed by atoms with Crippen LogP contribution in [0.25, 0.3) is 6.08 Å². The molecular formula is C24H25NO3S. The van der Waals surface area contributed by atoms with Gasteiger partial charge in [-0.25, -0.2) is 13.1 Å². The quantitative estimate of drug-likeness (QED) is 0.479. The first-order chi connectivity index (χ1) is 14.1. The van der Waals surface area contributed by atoms with Crippen LogP contribution in [-0.4, -0.2) is 15.0 Å². The van der Waals surface area contributed by atoms with Crippen molar-refractivity contribution < 1.29 is 13.2 Å². The number of rotatable bonds is 10. The zero-order valence-electron chi connectivity index (χ0n) is 16.2. The van der Waals surface area contributed by atoms with Crippen LogP contribution in [0.2, 0.25) is 0 Å². The highest BCUT2D eigenvalue weighted by Gasteiger charge is 2.12. The molecule has 3 rings (SSSR count). The first-order valence-corrected chi connectivity index (χ1v) is 11.1. The molecule has 0 radical (unpaired) electrons. The van der Waals surface area contributed by atoms with Gasteiger partial charge in [-0.15, -0.1) is 0 Å². The topological polar surface area (TPSA) is 55.4 Å². The van der Waals surface area contributed by atoms with Gasteiger partial charge in [-0.3, -0.25) is 0 Å². The van der Waals surface area contributed by atoms with E-state index in [-0.39, 0.29) is 11.4 Å². The molecule has 1 N–H and O–H groups in total. The summed E-state index contributed by atoms with van der Waals surface area (Å²) in [5.74, 6) is 0.891. The molecule has 150 valence electrons. The summed E-state index contributed by atoms with van der Waals surface area (Å²) in [4.78, 5) is 0.272. The van der Waals surface area contributed by atoms with Gasteiger partial charge < -0.3 is 4.74 Å². The number of ether oxygens (including phenoxy) is 1. The molecule has 0 fully saturated rings. The molecule has 0 aliphatic carbocycles. The third-order valence-corrected chi connectivity index (χ3v) is 5.73. The molecule has 0 unspecified atom stereocenters. The minimum absolute atomic E-state index is 0.254. The summed E-state index contributed by atoms with van der Waals surface area (Å²) in [5.41, 5.74) is 1.96. The Morgan fingerprint density at radius 2 is 1.59 bits per heavy atom. The Kier molecular flexibility index (Phi) is 7.61. The summed E-state index contributed by atoms with van der Waals surface area (Å²) in [6, 6.07) is 26.0. The summed E-state index contributed by atoms with van der Waals surface area (Å²) < 4.78 is 33.0. The lowest BCUT2D eigenvalue weighted by Gasteiger charge is -2.07. The van der Waals surface area contributed by atoms with Gasteiger partial charge in [0.25, 0.3) is 0 Å². The molecule has 5 heteroatoms. The van der Waals surface area contributed by atoms with E-state index in [1.54, 1.807) is 30.3 Å². The van der Waals surface area contributed by atoms with Crippen LogP contribution in [-0.2, 0) is 16.6 Å². The van der Waals surface area contributed by atoms with E-state index < -0.39 is 10.0 Å². The smallest absolute Gasteiger partial charge is 0.240 e. The van der Waals surface area contributed by atoms with Crippen LogP contribution >= 0.6 is 0 Å². The molecule has 29 heavy (non-hydrogen) atoms. The number of hydrogen-bond acceptors (Lipinski definition) is 3. The van der Waals surface area contributed by atoms with Gasteiger partial charge in [-0.2, -0.15) is 0 Å². The van der Waals surface area contributed by atoms with E-state index >= 15 is 0 Å². The lowest BCUT2D eigenvalue weighted by molar-refractivity contribution is 0.312. The van der Waals surface area contributed by atoms with Crippen molar-refractivity contribution in [1.82, 2.24) is 4.72 Å². The molecule has 0 aliphatic rings. The van der Waals surface area contributed by atoms with Crippen LogP contribution in [0, 0.1) is 0 Å². The molecule has 0 atom stereocenters. The second-order valence-corrected chi connectivity index (χ2v) is 8.36. The molecule has 0 saturated heterocycles. The van der Waals surface area contributed by atoms with Crippen LogP contribution in [0.4, 0.5) is 0 Å². The number of sulfonamides is 1. The Labute approximate surface area is 172 Å². The first-order valence-electron chi connectivity index (χ1n) is 9.61. The number of para-hydroxylation sites is 1. The second kappa shape index (κ2) is 10.6. The van der Waals surface area contributed by atoms with Crippen molar-refractivity contribution in [1.29, 1.82) is 0 Å². The average molecular weight is 408 g/mol. The predicted molar refractivity (Wildman–Crippen MR) is 117 cm³/mol. The van der Waals surface area contributed by atoms with Gasteiger partial charge in [0.15, 0.2) is 0 Å². The highest BCUT2D eigenvalue weighted by atomic mass is 32.2. The van der Waals surface area contributed by atoms with Crippen LogP contribution in [0.1, 0.15) is 24.0 Å². The van der Waals surface area contributed by atoms with E-state index in [2.05, 4.69) is 16.9 Å². The Hall–Kier alpha value is -2.89. The molecule has 0 spiro atoms. The molecule has 4 nitrogen and oxygen atoms in total. The SMILES string of the molecule is O=S(=O)(NCc1cccc(/C=C/CCCOc2ccccc2)c1)c1ccccc1. The molecule has 0 heterocycles. The van der Waals surface area contributed by atoms with Gasteiger partial charge >= 0.3 is 0 Å². The lowest BCUT2D eigenvalue weighted by atomic mass is 10.1. The van der Waals surface area contributed by atoms with Crippen LogP contribution < -0.4 is 9.46 Å². The van der Waals surface area contributed by atoms with Gasteiger partial charge in [-0.05, 0) is 48.2 Å². The van der Waals surface area contributed by atoms with E-state index in [0.29, 0.717) is 6.61 Å². The van der Waals surface area contributed by atoms with Crippen LogP contribution in [0.3, 0.4) is 0 Å². The van der Waals surface area contributed by atoms with Crippen molar-refractivity contribution in [2.45, 2.75) is 24.3 Å². The number of hydrogen-bond donors (Lipinski definition) is 1. The Balaban J connectivity index is 1.46. The standard InChI is InChI=1S/C24H25NO3S/c26-29(27,24-16-7-2-8-17-24)25-20-22-13-10-12-21(19-22)11-4-3-9-18-28-23-14-5-1-6-15-23/h1-2,4-8,10-17,19,25H,3,9,18,20H2/b11-4+. The number of nitrogens with one attached hydrogen (secondary N) is 1. The third-order valence-electron chi connectivity index (χ3n) is 4.31. The Morgan fingerprint density at radius 3 is 2.34 bits per heavy atom. The van der Waals surface area contributed by atoms with Gasteiger partial charge in [0, 0.05) is 6.54 Å². The largest absolute Gasteiger partial charge is 0.494 e. The molecule has 3 aromatic rings. The molecule has 3 aromatic carbocycles. The summed E-state index contributed by atoms with van der Waals surface area (Å²) >= 11 is 0. The van der Waals surface area contributed by atoms with Gasteiger partial charge in [0.05, 0.1) is 11.5 Å². The number of unbranched alkanes of at least 4 members (excludes halogenated alkanes) is 1. The second-order valence-electron chi connectivity index (χ2n) is 6.59. The minimum atomic E-state index is -3.50. The fourth-order valence-electron chi connectivity index (χ4n) is 2.80. The summed E-state index contributed by atoms with van der Waals surface area (Å²) in [6.45, 7) is 0.930. The van der Waals surface area contributed by atoms with Gasteiger partial charge in [0.1, 0.15) is 5.75 Å². The third kappa shape index (κ3) is 6.89. The zero-order valence-corrected chi connectivity index (χ0v) is 17.0. The van der Waals surface area contributed by atoms with Crippen molar-refractivity contribution in [3.8, 4) is 5.75 Å². The van der Waals surface area contributed by atoms with E-state index in [9.17, 15) is 8.42 Å². The van der Waals surface area contributed by atoms with E-state index in [4.69, 9.17) is 4.74 Å². The first kappa shape index (κ1) is 20.8. The fourth-order valence-corrected chi connectivity index (χ4v) is 3.83. The fraction of sp³-hybridized carbons (Fsp3) is 0.167. The average Bonchev–Trinajstić information content (AvgIpc) is 2.76. The summed E-state index contributed by atoms with van der Waals surface area (Å²) in [7, 11) is -3.50. The predicted octanol–water partition coefficient (Wildman–Crippen LogP) is 5.04. The van der Waals surface area contributed by atoms with Gasteiger partial charge in [0.2, 0.25) is 10.0 Å². The van der Waals surface area contributed by atoms with Crippen molar-refractivity contribution in [2.75, 3.05) is 6.61 Å². The van der Waals surface area contributed by atoms with Crippen LogP contribution in [0.15, 0.2) is 95.9 Å². The van der Waals surface area contributed by atoms with Crippen molar-refractivity contribution in [3.63, 3.8) is 0 Å². The maximum atomic E-state index is 12.3. The molecular weight excluding hydrogens is 382 g/mol. The lowest BCUT2D eigenvalue weighted by Crippen LogP contribution is -2.23. The van der Waals surface area contributed by atoms with E-state index in [1.165, 1.54) is 0 Å². The van der Waals surface area contributed by atoms with Crippen molar-refractivity contribution >= 4 is 16.1 Å². The molecule has 0 aromatic heterocycles. The molecule has 0 bridgehead atoms. The monoisotopic (exact) mass is 407 g/mol. The maximum absolute atomic E-state index is 12.3. The van der Waals surface area contributed by atoms with Gasteiger partial charge in [-0.1, -0.05) is 72.8 Å².